The molecule has 3 aromatic rings. The highest BCUT2D eigenvalue weighted by Crippen LogP contribution is 2.34. The summed E-state index contributed by atoms with van der Waals surface area (Å²) >= 11 is 0. The number of pyridine rings is 1. The summed E-state index contributed by atoms with van der Waals surface area (Å²) in [7, 11) is 0. The van der Waals surface area contributed by atoms with Gasteiger partial charge >= 0.3 is 0 Å². The molecule has 1 N–H and O–H groups in total. The zero-order valence-electron chi connectivity index (χ0n) is 10.8. The van der Waals surface area contributed by atoms with Gasteiger partial charge in [0.25, 0.3) is 0 Å². The van der Waals surface area contributed by atoms with Crippen LogP contribution in [0.1, 0.15) is 6.42 Å². The summed E-state index contributed by atoms with van der Waals surface area (Å²) in [4.78, 5) is 12.1. The van der Waals surface area contributed by atoms with Gasteiger partial charge in [-0.15, -0.1) is 0 Å². The number of aromatic nitrogens is 3. The maximum absolute atomic E-state index is 5.68. The topological polar surface area (TPSA) is 60.0 Å². The van der Waals surface area contributed by atoms with E-state index in [9.17, 15) is 0 Å². The van der Waals surface area contributed by atoms with E-state index in [0.717, 1.165) is 40.5 Å². The van der Waals surface area contributed by atoms with Gasteiger partial charge in [0.2, 0.25) is 0 Å². The first-order valence-corrected chi connectivity index (χ1v) is 6.61. The monoisotopic (exact) mass is 267 g/mol. The van der Waals surface area contributed by atoms with Crippen LogP contribution in [0.3, 0.4) is 0 Å². The molecule has 1 aliphatic heterocycles. The highest BCUT2D eigenvalue weighted by molar-refractivity contribution is 5.82. The van der Waals surface area contributed by atoms with Crippen molar-refractivity contribution in [2.45, 2.75) is 6.42 Å². The van der Waals surface area contributed by atoms with Crippen LogP contribution in [-0.4, -0.2) is 28.2 Å². The van der Waals surface area contributed by atoms with E-state index in [1.54, 1.807) is 6.20 Å². The van der Waals surface area contributed by atoms with Gasteiger partial charge in [0.05, 0.1) is 24.2 Å². The van der Waals surface area contributed by atoms with E-state index in [2.05, 4.69) is 15.0 Å². The van der Waals surface area contributed by atoms with Gasteiger partial charge in [-0.1, -0.05) is 6.07 Å². The van der Waals surface area contributed by atoms with Gasteiger partial charge in [0, 0.05) is 24.8 Å². The summed E-state index contributed by atoms with van der Waals surface area (Å²) < 4.78 is 11.4. The predicted octanol–water partition coefficient (Wildman–Crippen LogP) is 2.79. The molecule has 1 aliphatic rings. The van der Waals surface area contributed by atoms with E-state index in [0.29, 0.717) is 13.2 Å². The molecule has 2 aromatic heterocycles. The smallest absolute Gasteiger partial charge is 0.163 e. The van der Waals surface area contributed by atoms with Gasteiger partial charge in [-0.05, 0) is 12.1 Å². The fourth-order valence-electron chi connectivity index (χ4n) is 2.29. The fourth-order valence-corrected chi connectivity index (χ4v) is 2.29. The Labute approximate surface area is 115 Å². The number of hydrogen-bond acceptors (Lipinski definition) is 4. The number of benzene rings is 1. The minimum Gasteiger partial charge on any atom is -0.489 e. The van der Waals surface area contributed by atoms with Crippen LogP contribution in [0, 0.1) is 0 Å². The number of fused-ring (bicyclic) bond motifs is 2. The molecule has 3 heterocycles. The fraction of sp³-hybridized carbons (Fsp3) is 0.200. The number of aromatic amines is 1. The van der Waals surface area contributed by atoms with Crippen LogP contribution in [-0.2, 0) is 0 Å². The molecule has 100 valence electrons. The van der Waals surface area contributed by atoms with E-state index in [4.69, 9.17) is 9.47 Å². The lowest BCUT2D eigenvalue weighted by Gasteiger charge is -2.05. The van der Waals surface area contributed by atoms with Crippen LogP contribution < -0.4 is 9.47 Å². The molecule has 5 heteroatoms. The van der Waals surface area contributed by atoms with Gasteiger partial charge in [-0.2, -0.15) is 0 Å². The standard InChI is InChI=1S/C15H13N3O2/c1-2-5-16-10(4-1)15-17-11-8-13-14(9-12(11)18-15)20-7-3-6-19-13/h1-2,4-5,8-9H,3,6-7H2,(H,17,18). The first kappa shape index (κ1) is 11.3. The van der Waals surface area contributed by atoms with Crippen LogP contribution in [0.4, 0.5) is 0 Å². The second-order valence-electron chi connectivity index (χ2n) is 4.67. The summed E-state index contributed by atoms with van der Waals surface area (Å²) in [6.07, 6.45) is 2.65. The van der Waals surface area contributed by atoms with Gasteiger partial charge < -0.3 is 14.5 Å². The quantitative estimate of drug-likeness (QED) is 0.736. The normalized spacial score (nSPS) is 14.2. The Morgan fingerprint density at radius 3 is 2.70 bits per heavy atom. The Balaban J connectivity index is 1.84. The zero-order valence-corrected chi connectivity index (χ0v) is 10.8. The van der Waals surface area contributed by atoms with E-state index < -0.39 is 0 Å². The Bertz CT molecular complexity index is 709. The molecule has 5 nitrogen and oxygen atoms in total. The lowest BCUT2D eigenvalue weighted by Crippen LogP contribution is -1.97. The lowest BCUT2D eigenvalue weighted by molar-refractivity contribution is 0.297. The van der Waals surface area contributed by atoms with Crippen LogP contribution in [0.15, 0.2) is 36.5 Å². The van der Waals surface area contributed by atoms with Crippen molar-refractivity contribution in [3.63, 3.8) is 0 Å². The molecule has 0 saturated heterocycles. The molecule has 0 spiro atoms. The molecule has 0 fully saturated rings. The van der Waals surface area contributed by atoms with Crippen LogP contribution in [0.5, 0.6) is 11.5 Å². The highest BCUT2D eigenvalue weighted by atomic mass is 16.5. The molecule has 0 saturated carbocycles. The molecule has 0 unspecified atom stereocenters. The number of nitrogens with one attached hydrogen (secondary N) is 1. The molecule has 0 aliphatic carbocycles. The Morgan fingerprint density at radius 2 is 1.90 bits per heavy atom. The molecule has 0 amide bonds. The molecule has 4 rings (SSSR count). The van der Waals surface area contributed by atoms with Crippen molar-refractivity contribution in [3.05, 3.63) is 36.5 Å². The Kier molecular flexibility index (Phi) is 2.55. The first-order valence-electron chi connectivity index (χ1n) is 6.61. The third-order valence-corrected chi connectivity index (χ3v) is 3.26. The van der Waals surface area contributed by atoms with Gasteiger partial charge in [-0.3, -0.25) is 4.98 Å². The molecule has 0 atom stereocenters. The number of imidazole rings is 1. The lowest BCUT2D eigenvalue weighted by atomic mass is 10.3. The van der Waals surface area contributed by atoms with E-state index in [1.165, 1.54) is 0 Å². The zero-order chi connectivity index (χ0) is 13.4. The second-order valence-corrected chi connectivity index (χ2v) is 4.67. The molecule has 1 aromatic carbocycles. The Hall–Kier alpha value is -2.56. The van der Waals surface area contributed by atoms with Gasteiger partial charge in [0.1, 0.15) is 5.69 Å². The molecular weight excluding hydrogens is 254 g/mol. The largest absolute Gasteiger partial charge is 0.489 e. The third kappa shape index (κ3) is 1.87. The third-order valence-electron chi connectivity index (χ3n) is 3.26. The predicted molar refractivity (Wildman–Crippen MR) is 74.9 cm³/mol. The summed E-state index contributed by atoms with van der Waals surface area (Å²) in [5, 5.41) is 0. The van der Waals surface area contributed by atoms with Crippen LogP contribution in [0.25, 0.3) is 22.6 Å². The first-order chi connectivity index (χ1) is 9.90. The maximum Gasteiger partial charge on any atom is 0.163 e. The number of hydrogen-bond donors (Lipinski definition) is 1. The average Bonchev–Trinajstić information content (AvgIpc) is 2.76. The van der Waals surface area contributed by atoms with E-state index in [-0.39, 0.29) is 0 Å². The SMILES string of the molecule is c1ccc(-c2nc3cc4c(cc3[nH]2)OCCCO4)nc1. The van der Waals surface area contributed by atoms with Gasteiger partial charge in [-0.25, -0.2) is 4.98 Å². The van der Waals surface area contributed by atoms with Crippen molar-refractivity contribution < 1.29 is 9.47 Å². The maximum atomic E-state index is 5.68. The van der Waals surface area contributed by atoms with Crippen molar-refractivity contribution in [2.24, 2.45) is 0 Å². The molecule has 20 heavy (non-hydrogen) atoms. The van der Waals surface area contributed by atoms with Crippen LogP contribution in [0.2, 0.25) is 0 Å². The summed E-state index contributed by atoms with van der Waals surface area (Å²) in [5.74, 6) is 2.28. The molecule has 0 bridgehead atoms. The summed E-state index contributed by atoms with van der Waals surface area (Å²) in [5.41, 5.74) is 2.60. The van der Waals surface area contributed by atoms with E-state index in [1.807, 2.05) is 30.3 Å². The summed E-state index contributed by atoms with van der Waals surface area (Å²) in [6.45, 7) is 1.36. The molecular formula is C15H13N3O2. The second kappa shape index (κ2) is 4.52. The highest BCUT2D eigenvalue weighted by Gasteiger charge is 2.14. The number of H-pyrrole nitrogens is 1. The van der Waals surface area contributed by atoms with E-state index >= 15 is 0 Å². The van der Waals surface area contributed by atoms with Gasteiger partial charge in [0.15, 0.2) is 17.3 Å². The van der Waals surface area contributed by atoms with Crippen molar-refractivity contribution in [1.82, 2.24) is 15.0 Å². The number of ether oxygens (including phenoxy) is 2. The number of rotatable bonds is 1. The Morgan fingerprint density at radius 1 is 1.05 bits per heavy atom. The van der Waals surface area contributed by atoms with Crippen molar-refractivity contribution >= 4 is 11.0 Å². The number of nitrogens with zero attached hydrogens (tertiary/aromatic N) is 2. The van der Waals surface area contributed by atoms with Crippen molar-refractivity contribution in [3.8, 4) is 23.0 Å². The summed E-state index contributed by atoms with van der Waals surface area (Å²) in [6, 6.07) is 9.61. The van der Waals surface area contributed by atoms with Crippen molar-refractivity contribution in [2.75, 3.05) is 13.2 Å². The average molecular weight is 267 g/mol. The minimum absolute atomic E-state index is 0.677. The minimum atomic E-state index is 0.677. The van der Waals surface area contributed by atoms with Crippen LogP contribution >= 0.6 is 0 Å². The van der Waals surface area contributed by atoms with Crippen molar-refractivity contribution in [1.29, 1.82) is 0 Å². The molecule has 0 radical (unpaired) electrons.